The SMILES string of the molecule is CC(Cc1ccc(F)c(Cl)c1)N1CCNCC1. The minimum absolute atomic E-state index is 0.218. The molecule has 1 atom stereocenters. The van der Waals surface area contributed by atoms with E-state index in [-0.39, 0.29) is 10.8 Å². The second-order valence-electron chi connectivity index (χ2n) is 4.59. The predicted molar refractivity (Wildman–Crippen MR) is 69.0 cm³/mol. The molecule has 1 fully saturated rings. The second-order valence-corrected chi connectivity index (χ2v) is 4.99. The van der Waals surface area contributed by atoms with Crippen LogP contribution in [-0.4, -0.2) is 37.1 Å². The van der Waals surface area contributed by atoms with E-state index < -0.39 is 0 Å². The molecule has 1 saturated heterocycles. The van der Waals surface area contributed by atoms with Gasteiger partial charge in [0.25, 0.3) is 0 Å². The van der Waals surface area contributed by atoms with Crippen LogP contribution in [0.3, 0.4) is 0 Å². The Balaban J connectivity index is 1.96. The molecule has 2 rings (SSSR count). The van der Waals surface area contributed by atoms with Crippen LogP contribution < -0.4 is 5.32 Å². The van der Waals surface area contributed by atoms with Gasteiger partial charge in [-0.1, -0.05) is 17.7 Å². The Labute approximate surface area is 107 Å². The minimum Gasteiger partial charge on any atom is -0.314 e. The van der Waals surface area contributed by atoms with Crippen molar-refractivity contribution in [1.82, 2.24) is 10.2 Å². The summed E-state index contributed by atoms with van der Waals surface area (Å²) in [6.45, 7) is 6.47. The van der Waals surface area contributed by atoms with E-state index in [4.69, 9.17) is 11.6 Å². The van der Waals surface area contributed by atoms with Crippen molar-refractivity contribution in [1.29, 1.82) is 0 Å². The maximum atomic E-state index is 13.0. The molecule has 2 nitrogen and oxygen atoms in total. The maximum Gasteiger partial charge on any atom is 0.141 e. The van der Waals surface area contributed by atoms with Crippen molar-refractivity contribution in [3.8, 4) is 0 Å². The lowest BCUT2D eigenvalue weighted by Gasteiger charge is -2.32. The Morgan fingerprint density at radius 1 is 1.41 bits per heavy atom. The van der Waals surface area contributed by atoms with E-state index in [1.165, 1.54) is 6.07 Å². The summed E-state index contributed by atoms with van der Waals surface area (Å²) in [7, 11) is 0. The average molecular weight is 257 g/mol. The van der Waals surface area contributed by atoms with E-state index in [0.29, 0.717) is 6.04 Å². The molecule has 1 aromatic carbocycles. The number of piperazine rings is 1. The van der Waals surface area contributed by atoms with E-state index in [9.17, 15) is 4.39 Å². The number of benzene rings is 1. The van der Waals surface area contributed by atoms with E-state index in [0.717, 1.165) is 38.2 Å². The highest BCUT2D eigenvalue weighted by atomic mass is 35.5. The minimum atomic E-state index is -0.342. The van der Waals surface area contributed by atoms with Gasteiger partial charge >= 0.3 is 0 Å². The van der Waals surface area contributed by atoms with Gasteiger partial charge < -0.3 is 5.32 Å². The Kier molecular flexibility index (Phi) is 4.37. The first-order valence-electron chi connectivity index (χ1n) is 6.05. The fourth-order valence-electron chi connectivity index (χ4n) is 2.26. The second kappa shape index (κ2) is 5.80. The smallest absolute Gasteiger partial charge is 0.141 e. The van der Waals surface area contributed by atoms with Crippen LogP contribution in [0, 0.1) is 5.82 Å². The topological polar surface area (TPSA) is 15.3 Å². The highest BCUT2D eigenvalue weighted by molar-refractivity contribution is 6.30. The molecule has 17 heavy (non-hydrogen) atoms. The summed E-state index contributed by atoms with van der Waals surface area (Å²) in [6.07, 6.45) is 0.917. The van der Waals surface area contributed by atoms with Gasteiger partial charge in [0, 0.05) is 32.2 Å². The number of nitrogens with zero attached hydrogens (tertiary/aromatic N) is 1. The van der Waals surface area contributed by atoms with Gasteiger partial charge in [-0.2, -0.15) is 0 Å². The summed E-state index contributed by atoms with van der Waals surface area (Å²) < 4.78 is 13.0. The van der Waals surface area contributed by atoms with Crippen molar-refractivity contribution in [2.24, 2.45) is 0 Å². The number of rotatable bonds is 3. The Morgan fingerprint density at radius 3 is 2.76 bits per heavy atom. The van der Waals surface area contributed by atoms with Crippen molar-refractivity contribution in [2.45, 2.75) is 19.4 Å². The van der Waals surface area contributed by atoms with Crippen molar-refractivity contribution >= 4 is 11.6 Å². The summed E-state index contributed by atoms with van der Waals surface area (Å²) in [5.74, 6) is -0.342. The summed E-state index contributed by atoms with van der Waals surface area (Å²) in [5, 5.41) is 3.56. The zero-order chi connectivity index (χ0) is 12.3. The first-order chi connectivity index (χ1) is 8.16. The molecule has 1 heterocycles. The zero-order valence-electron chi connectivity index (χ0n) is 10.0. The predicted octanol–water partition coefficient (Wildman–Crippen LogP) is 2.32. The lowest BCUT2D eigenvalue weighted by molar-refractivity contribution is 0.183. The number of hydrogen-bond acceptors (Lipinski definition) is 2. The van der Waals surface area contributed by atoms with Gasteiger partial charge in [-0.3, -0.25) is 4.90 Å². The maximum absolute atomic E-state index is 13.0. The third-order valence-electron chi connectivity index (χ3n) is 3.29. The average Bonchev–Trinajstić information content (AvgIpc) is 2.35. The molecule has 0 radical (unpaired) electrons. The highest BCUT2D eigenvalue weighted by Crippen LogP contribution is 2.18. The standard InChI is InChI=1S/C13H18ClFN2/c1-10(17-6-4-16-5-7-17)8-11-2-3-13(15)12(14)9-11/h2-3,9-10,16H,4-8H2,1H3. The van der Waals surface area contributed by atoms with Crippen LogP contribution in [-0.2, 0) is 6.42 Å². The molecule has 0 saturated carbocycles. The molecule has 1 aliphatic heterocycles. The van der Waals surface area contributed by atoms with Crippen molar-refractivity contribution in [3.63, 3.8) is 0 Å². The molecular weight excluding hydrogens is 239 g/mol. The molecule has 94 valence electrons. The number of nitrogens with one attached hydrogen (secondary N) is 1. The Bertz CT molecular complexity index is 378. The van der Waals surface area contributed by atoms with Crippen molar-refractivity contribution in [3.05, 3.63) is 34.6 Å². The third-order valence-corrected chi connectivity index (χ3v) is 3.58. The van der Waals surface area contributed by atoms with Gasteiger partial charge in [0.1, 0.15) is 5.82 Å². The van der Waals surface area contributed by atoms with Crippen LogP contribution in [0.4, 0.5) is 4.39 Å². The molecule has 1 aliphatic rings. The molecular formula is C13H18ClFN2. The molecule has 0 aromatic heterocycles. The van der Waals surface area contributed by atoms with Crippen LogP contribution >= 0.6 is 11.6 Å². The fraction of sp³-hybridized carbons (Fsp3) is 0.538. The van der Waals surface area contributed by atoms with E-state index >= 15 is 0 Å². The van der Waals surface area contributed by atoms with Gasteiger partial charge in [-0.15, -0.1) is 0 Å². The number of hydrogen-bond donors (Lipinski definition) is 1. The summed E-state index contributed by atoms with van der Waals surface area (Å²) in [5.41, 5.74) is 1.10. The van der Waals surface area contributed by atoms with E-state index in [2.05, 4.69) is 17.1 Å². The van der Waals surface area contributed by atoms with Gasteiger partial charge in [0.05, 0.1) is 5.02 Å². The first kappa shape index (κ1) is 12.8. The van der Waals surface area contributed by atoms with E-state index in [1.54, 1.807) is 6.07 Å². The summed E-state index contributed by atoms with van der Waals surface area (Å²) in [4.78, 5) is 2.45. The zero-order valence-corrected chi connectivity index (χ0v) is 10.8. The lowest BCUT2D eigenvalue weighted by atomic mass is 10.1. The highest BCUT2D eigenvalue weighted by Gasteiger charge is 2.16. The molecule has 0 aliphatic carbocycles. The molecule has 1 unspecified atom stereocenters. The quantitative estimate of drug-likeness (QED) is 0.893. The van der Waals surface area contributed by atoms with Crippen molar-refractivity contribution < 1.29 is 4.39 Å². The Hall–Kier alpha value is -0.640. The summed E-state index contributed by atoms with van der Waals surface area (Å²) >= 11 is 5.78. The summed E-state index contributed by atoms with van der Waals surface area (Å²) in [6, 6.07) is 5.47. The van der Waals surface area contributed by atoms with Crippen LogP contribution in [0.25, 0.3) is 0 Å². The normalized spacial score (nSPS) is 19.2. The van der Waals surface area contributed by atoms with E-state index in [1.807, 2.05) is 6.07 Å². The molecule has 0 amide bonds. The third kappa shape index (κ3) is 3.41. The van der Waals surface area contributed by atoms with Crippen molar-refractivity contribution in [2.75, 3.05) is 26.2 Å². The van der Waals surface area contributed by atoms with Gasteiger partial charge in [0.15, 0.2) is 0 Å². The van der Waals surface area contributed by atoms with Crippen LogP contribution in [0.5, 0.6) is 0 Å². The first-order valence-corrected chi connectivity index (χ1v) is 6.43. The van der Waals surface area contributed by atoms with Gasteiger partial charge in [0.2, 0.25) is 0 Å². The molecule has 1 N–H and O–H groups in total. The van der Waals surface area contributed by atoms with Crippen LogP contribution in [0.1, 0.15) is 12.5 Å². The fourth-order valence-corrected chi connectivity index (χ4v) is 2.46. The van der Waals surface area contributed by atoms with Crippen LogP contribution in [0.15, 0.2) is 18.2 Å². The number of halogens is 2. The molecule has 0 spiro atoms. The lowest BCUT2D eigenvalue weighted by Crippen LogP contribution is -2.48. The largest absolute Gasteiger partial charge is 0.314 e. The van der Waals surface area contributed by atoms with Gasteiger partial charge in [-0.05, 0) is 31.0 Å². The monoisotopic (exact) mass is 256 g/mol. The van der Waals surface area contributed by atoms with Gasteiger partial charge in [-0.25, -0.2) is 4.39 Å². The molecule has 1 aromatic rings. The Morgan fingerprint density at radius 2 is 2.12 bits per heavy atom. The molecule has 0 bridgehead atoms. The van der Waals surface area contributed by atoms with Crippen LogP contribution in [0.2, 0.25) is 5.02 Å². The molecule has 4 heteroatoms.